The molecule has 0 aromatic heterocycles. The fraction of sp³-hybridized carbons (Fsp3) is 0.462. The van der Waals surface area contributed by atoms with Crippen molar-refractivity contribution >= 4 is 21.8 Å². The van der Waals surface area contributed by atoms with Crippen molar-refractivity contribution in [1.82, 2.24) is 10.2 Å². The zero-order chi connectivity index (χ0) is 12.3. The van der Waals surface area contributed by atoms with Crippen molar-refractivity contribution in [1.29, 1.82) is 0 Å². The molecule has 0 radical (unpaired) electrons. The Morgan fingerprint density at radius 3 is 2.76 bits per heavy atom. The molecule has 1 atom stereocenters. The van der Waals surface area contributed by atoms with Crippen LogP contribution in [0.4, 0.5) is 0 Å². The highest BCUT2D eigenvalue weighted by Crippen LogP contribution is 2.12. The van der Waals surface area contributed by atoms with E-state index in [0.717, 1.165) is 24.0 Å². The van der Waals surface area contributed by atoms with Gasteiger partial charge in [0.05, 0.1) is 0 Å². The number of amides is 1. The standard InChI is InChI=1S/C13H17BrN2O/c1-16-9-12(6-7-13(16)17)15-8-10-2-4-11(14)5-3-10/h2-5,12,15H,6-9H2,1H3. The number of likely N-dealkylation sites (N-methyl/N-ethyl adjacent to an activating group) is 1. The van der Waals surface area contributed by atoms with Crippen LogP contribution >= 0.6 is 15.9 Å². The summed E-state index contributed by atoms with van der Waals surface area (Å²) in [5.74, 6) is 0.256. The predicted molar refractivity (Wildman–Crippen MR) is 71.6 cm³/mol. The summed E-state index contributed by atoms with van der Waals surface area (Å²) in [5, 5.41) is 3.50. The number of benzene rings is 1. The van der Waals surface area contributed by atoms with Gasteiger partial charge in [-0.15, -0.1) is 0 Å². The third kappa shape index (κ3) is 3.54. The normalized spacial score (nSPS) is 20.7. The lowest BCUT2D eigenvalue weighted by Crippen LogP contribution is -2.46. The Hall–Kier alpha value is -0.870. The molecule has 1 fully saturated rings. The zero-order valence-corrected chi connectivity index (χ0v) is 11.5. The van der Waals surface area contributed by atoms with E-state index >= 15 is 0 Å². The number of hydrogen-bond donors (Lipinski definition) is 1. The highest BCUT2D eigenvalue weighted by molar-refractivity contribution is 9.10. The average molecular weight is 297 g/mol. The fourth-order valence-corrected chi connectivity index (χ4v) is 2.31. The zero-order valence-electron chi connectivity index (χ0n) is 9.95. The van der Waals surface area contributed by atoms with Gasteiger partial charge in [0.1, 0.15) is 0 Å². The summed E-state index contributed by atoms with van der Waals surface area (Å²) < 4.78 is 1.10. The minimum atomic E-state index is 0.256. The van der Waals surface area contributed by atoms with Gasteiger partial charge in [-0.25, -0.2) is 0 Å². The molecule has 92 valence electrons. The molecule has 0 spiro atoms. The number of nitrogens with one attached hydrogen (secondary N) is 1. The lowest BCUT2D eigenvalue weighted by atomic mass is 10.1. The lowest BCUT2D eigenvalue weighted by Gasteiger charge is -2.30. The van der Waals surface area contributed by atoms with Crippen molar-refractivity contribution in [2.24, 2.45) is 0 Å². The van der Waals surface area contributed by atoms with Gasteiger partial charge in [-0.3, -0.25) is 4.79 Å². The molecule has 1 unspecified atom stereocenters. The van der Waals surface area contributed by atoms with Gasteiger partial charge in [-0.05, 0) is 24.1 Å². The molecule has 1 aromatic carbocycles. The number of likely N-dealkylation sites (tertiary alicyclic amines) is 1. The minimum absolute atomic E-state index is 0.256. The van der Waals surface area contributed by atoms with E-state index in [2.05, 4.69) is 33.4 Å². The second-order valence-electron chi connectivity index (χ2n) is 4.52. The maximum absolute atomic E-state index is 11.3. The first-order valence-electron chi connectivity index (χ1n) is 5.87. The highest BCUT2D eigenvalue weighted by Gasteiger charge is 2.21. The van der Waals surface area contributed by atoms with E-state index in [0.29, 0.717) is 12.5 Å². The summed E-state index contributed by atoms with van der Waals surface area (Å²) in [5.41, 5.74) is 1.27. The van der Waals surface area contributed by atoms with Crippen molar-refractivity contribution in [2.45, 2.75) is 25.4 Å². The van der Waals surface area contributed by atoms with Crippen LogP contribution in [0.2, 0.25) is 0 Å². The van der Waals surface area contributed by atoms with Crippen molar-refractivity contribution in [3.63, 3.8) is 0 Å². The van der Waals surface area contributed by atoms with E-state index in [4.69, 9.17) is 0 Å². The number of rotatable bonds is 3. The Bertz CT molecular complexity index is 391. The summed E-state index contributed by atoms with van der Waals surface area (Å²) in [6.07, 6.45) is 1.61. The molecule has 1 saturated heterocycles. The third-order valence-electron chi connectivity index (χ3n) is 3.13. The molecule has 17 heavy (non-hydrogen) atoms. The molecular formula is C13H17BrN2O. The van der Waals surface area contributed by atoms with Crippen LogP contribution in [0.25, 0.3) is 0 Å². The summed E-state index contributed by atoms with van der Waals surface area (Å²) in [4.78, 5) is 13.2. The summed E-state index contributed by atoms with van der Waals surface area (Å²) in [6, 6.07) is 8.73. The Morgan fingerprint density at radius 1 is 1.41 bits per heavy atom. The van der Waals surface area contributed by atoms with Crippen LogP contribution in [0, 0.1) is 0 Å². The fourth-order valence-electron chi connectivity index (χ4n) is 2.04. The molecule has 0 saturated carbocycles. The summed E-state index contributed by atoms with van der Waals surface area (Å²) in [7, 11) is 1.87. The molecule has 2 rings (SSSR count). The SMILES string of the molecule is CN1CC(NCc2ccc(Br)cc2)CCC1=O. The van der Waals surface area contributed by atoms with E-state index in [1.807, 2.05) is 24.1 Å². The molecule has 1 aliphatic heterocycles. The van der Waals surface area contributed by atoms with Crippen molar-refractivity contribution in [3.05, 3.63) is 34.3 Å². The maximum atomic E-state index is 11.3. The summed E-state index contributed by atoms with van der Waals surface area (Å²) >= 11 is 3.42. The van der Waals surface area contributed by atoms with Gasteiger partial charge in [-0.2, -0.15) is 0 Å². The first kappa shape index (κ1) is 12.6. The van der Waals surface area contributed by atoms with Gasteiger partial charge in [0.25, 0.3) is 0 Å². The number of carbonyl (C=O) groups is 1. The maximum Gasteiger partial charge on any atom is 0.222 e. The van der Waals surface area contributed by atoms with Gasteiger partial charge in [0.15, 0.2) is 0 Å². The first-order valence-corrected chi connectivity index (χ1v) is 6.66. The van der Waals surface area contributed by atoms with Crippen LogP contribution in [-0.2, 0) is 11.3 Å². The van der Waals surface area contributed by atoms with Gasteiger partial charge in [0.2, 0.25) is 5.91 Å². The van der Waals surface area contributed by atoms with Crippen LogP contribution in [0.5, 0.6) is 0 Å². The Labute approximate surface area is 110 Å². The number of piperidine rings is 1. The molecule has 1 heterocycles. The molecule has 1 N–H and O–H groups in total. The van der Waals surface area contributed by atoms with Crippen LogP contribution < -0.4 is 5.32 Å². The second-order valence-corrected chi connectivity index (χ2v) is 5.43. The average Bonchev–Trinajstić information content (AvgIpc) is 2.33. The third-order valence-corrected chi connectivity index (χ3v) is 3.66. The van der Waals surface area contributed by atoms with Gasteiger partial charge >= 0.3 is 0 Å². The van der Waals surface area contributed by atoms with E-state index in [9.17, 15) is 4.79 Å². The topological polar surface area (TPSA) is 32.3 Å². The highest BCUT2D eigenvalue weighted by atomic mass is 79.9. The van der Waals surface area contributed by atoms with Crippen molar-refractivity contribution < 1.29 is 4.79 Å². The smallest absolute Gasteiger partial charge is 0.222 e. The monoisotopic (exact) mass is 296 g/mol. The molecule has 1 aromatic rings. The van der Waals surface area contributed by atoms with E-state index in [1.165, 1.54) is 5.56 Å². The second kappa shape index (κ2) is 5.65. The quantitative estimate of drug-likeness (QED) is 0.927. The predicted octanol–water partition coefficient (Wildman–Crippen LogP) is 2.16. The first-order chi connectivity index (χ1) is 8.15. The van der Waals surface area contributed by atoms with Crippen LogP contribution in [0.1, 0.15) is 18.4 Å². The molecule has 1 aliphatic rings. The van der Waals surface area contributed by atoms with Gasteiger partial charge in [-0.1, -0.05) is 28.1 Å². The summed E-state index contributed by atoms with van der Waals surface area (Å²) in [6.45, 7) is 1.68. The number of nitrogens with zero attached hydrogens (tertiary/aromatic N) is 1. The van der Waals surface area contributed by atoms with E-state index in [-0.39, 0.29) is 5.91 Å². The van der Waals surface area contributed by atoms with Crippen molar-refractivity contribution in [3.8, 4) is 0 Å². The Morgan fingerprint density at radius 2 is 2.12 bits per heavy atom. The van der Waals surface area contributed by atoms with Crippen molar-refractivity contribution in [2.75, 3.05) is 13.6 Å². The molecule has 1 amide bonds. The number of hydrogen-bond acceptors (Lipinski definition) is 2. The number of halogens is 1. The molecule has 3 nitrogen and oxygen atoms in total. The minimum Gasteiger partial charge on any atom is -0.344 e. The lowest BCUT2D eigenvalue weighted by molar-refractivity contribution is -0.132. The largest absolute Gasteiger partial charge is 0.344 e. The van der Waals surface area contributed by atoms with E-state index in [1.54, 1.807) is 0 Å². The molecule has 0 bridgehead atoms. The van der Waals surface area contributed by atoms with Crippen LogP contribution in [0.15, 0.2) is 28.7 Å². The number of carbonyl (C=O) groups excluding carboxylic acids is 1. The van der Waals surface area contributed by atoms with E-state index < -0.39 is 0 Å². The van der Waals surface area contributed by atoms with Gasteiger partial charge < -0.3 is 10.2 Å². The molecule has 4 heteroatoms. The molecular weight excluding hydrogens is 280 g/mol. The van der Waals surface area contributed by atoms with Crippen LogP contribution in [0.3, 0.4) is 0 Å². The Balaban J connectivity index is 1.82. The van der Waals surface area contributed by atoms with Crippen LogP contribution in [-0.4, -0.2) is 30.4 Å². The molecule has 0 aliphatic carbocycles. The van der Waals surface area contributed by atoms with Gasteiger partial charge in [0, 0.05) is 37.1 Å². The Kier molecular flexibility index (Phi) is 4.18.